The Balaban J connectivity index is 1.93. The molecule has 124 valence electrons. The molecule has 2 rings (SSSR count). The maximum absolute atomic E-state index is 3.69. The van der Waals surface area contributed by atoms with E-state index in [9.17, 15) is 0 Å². The summed E-state index contributed by atoms with van der Waals surface area (Å²) in [4.78, 5) is 2.81. The molecule has 0 aromatic heterocycles. The van der Waals surface area contributed by atoms with Crippen molar-refractivity contribution in [3.63, 3.8) is 0 Å². The molecule has 3 unspecified atom stereocenters. The maximum Gasteiger partial charge on any atom is 0.0195 e. The zero-order valence-corrected chi connectivity index (χ0v) is 15.1. The second-order valence-electron chi connectivity index (χ2n) is 8.81. The summed E-state index contributed by atoms with van der Waals surface area (Å²) in [6, 6.07) is 2.25. The van der Waals surface area contributed by atoms with Gasteiger partial charge in [-0.25, -0.2) is 0 Å². The van der Waals surface area contributed by atoms with E-state index in [0.29, 0.717) is 11.5 Å². The summed E-state index contributed by atoms with van der Waals surface area (Å²) >= 11 is 0. The average Bonchev–Trinajstić information content (AvgIpc) is 2.76. The van der Waals surface area contributed by atoms with Crippen LogP contribution < -0.4 is 5.32 Å². The molecule has 0 bridgehead atoms. The van der Waals surface area contributed by atoms with Crippen LogP contribution in [-0.4, -0.2) is 36.1 Å². The van der Waals surface area contributed by atoms with Gasteiger partial charge in [0.15, 0.2) is 0 Å². The van der Waals surface area contributed by atoms with E-state index in [1.165, 1.54) is 58.0 Å². The molecule has 2 heteroatoms. The van der Waals surface area contributed by atoms with Crippen molar-refractivity contribution in [2.75, 3.05) is 13.1 Å². The van der Waals surface area contributed by atoms with Gasteiger partial charge in [0, 0.05) is 24.7 Å². The molecule has 21 heavy (non-hydrogen) atoms. The van der Waals surface area contributed by atoms with Gasteiger partial charge in [-0.2, -0.15) is 0 Å². The molecule has 3 atom stereocenters. The van der Waals surface area contributed by atoms with Gasteiger partial charge in [-0.1, -0.05) is 27.2 Å². The second kappa shape index (κ2) is 7.46. The first-order valence-electron chi connectivity index (χ1n) is 9.37. The van der Waals surface area contributed by atoms with E-state index >= 15 is 0 Å². The number of hydrogen-bond donors (Lipinski definition) is 1. The normalized spacial score (nSPS) is 31.9. The standard InChI is InChI=1S/C19H38N2/c1-15(2)21(14-17-9-7-13-20-17)18-10-6-8-16(11-12-18)19(3,4)5/h15-18,20H,6-14H2,1-5H3. The van der Waals surface area contributed by atoms with Gasteiger partial charge in [0.1, 0.15) is 0 Å². The molecule has 0 radical (unpaired) electrons. The summed E-state index contributed by atoms with van der Waals surface area (Å²) in [5, 5.41) is 3.69. The van der Waals surface area contributed by atoms with Crippen molar-refractivity contribution in [2.45, 2.75) is 97.7 Å². The minimum absolute atomic E-state index is 0.491. The molecule has 0 aromatic rings. The summed E-state index contributed by atoms with van der Waals surface area (Å²) in [5.41, 5.74) is 0.491. The molecular weight excluding hydrogens is 256 g/mol. The third-order valence-electron chi connectivity index (χ3n) is 5.89. The molecule has 1 aliphatic carbocycles. The fraction of sp³-hybridized carbons (Fsp3) is 1.00. The van der Waals surface area contributed by atoms with Gasteiger partial charge in [-0.3, -0.25) is 4.90 Å². The van der Waals surface area contributed by atoms with Crippen LogP contribution in [-0.2, 0) is 0 Å². The van der Waals surface area contributed by atoms with E-state index in [1.807, 2.05) is 0 Å². The Morgan fingerprint density at radius 1 is 1.00 bits per heavy atom. The highest BCUT2D eigenvalue weighted by atomic mass is 15.2. The monoisotopic (exact) mass is 294 g/mol. The van der Waals surface area contributed by atoms with Crippen LogP contribution in [0.25, 0.3) is 0 Å². The van der Waals surface area contributed by atoms with E-state index in [-0.39, 0.29) is 0 Å². The van der Waals surface area contributed by atoms with E-state index in [0.717, 1.165) is 18.0 Å². The molecule has 2 fully saturated rings. The van der Waals surface area contributed by atoms with Gasteiger partial charge < -0.3 is 5.32 Å². The summed E-state index contributed by atoms with van der Waals surface area (Å²) < 4.78 is 0. The van der Waals surface area contributed by atoms with Crippen molar-refractivity contribution in [3.8, 4) is 0 Å². The Morgan fingerprint density at radius 2 is 1.76 bits per heavy atom. The molecule has 0 amide bonds. The Bertz CT molecular complexity index is 299. The molecular formula is C19H38N2. The highest BCUT2D eigenvalue weighted by molar-refractivity contribution is 4.87. The zero-order valence-electron chi connectivity index (χ0n) is 15.1. The predicted molar refractivity (Wildman–Crippen MR) is 92.7 cm³/mol. The van der Waals surface area contributed by atoms with Gasteiger partial charge in [0.2, 0.25) is 0 Å². The van der Waals surface area contributed by atoms with E-state index < -0.39 is 0 Å². The van der Waals surface area contributed by atoms with Crippen LogP contribution in [0.2, 0.25) is 0 Å². The first kappa shape index (κ1) is 17.3. The molecule has 1 saturated heterocycles. The first-order valence-corrected chi connectivity index (χ1v) is 9.37. The number of nitrogens with zero attached hydrogens (tertiary/aromatic N) is 1. The van der Waals surface area contributed by atoms with Crippen LogP contribution in [0.1, 0.15) is 79.6 Å². The lowest BCUT2D eigenvalue weighted by molar-refractivity contribution is 0.122. The fourth-order valence-electron chi connectivity index (χ4n) is 4.43. The van der Waals surface area contributed by atoms with Crippen molar-refractivity contribution in [1.82, 2.24) is 10.2 Å². The molecule has 1 saturated carbocycles. The smallest absolute Gasteiger partial charge is 0.0195 e. The molecule has 2 aliphatic rings. The number of nitrogens with one attached hydrogen (secondary N) is 1. The molecule has 0 spiro atoms. The molecule has 1 N–H and O–H groups in total. The Morgan fingerprint density at radius 3 is 2.33 bits per heavy atom. The second-order valence-corrected chi connectivity index (χ2v) is 8.81. The van der Waals surface area contributed by atoms with Crippen molar-refractivity contribution < 1.29 is 0 Å². The summed E-state index contributed by atoms with van der Waals surface area (Å²) in [6.07, 6.45) is 9.86. The third-order valence-corrected chi connectivity index (χ3v) is 5.89. The van der Waals surface area contributed by atoms with Crippen molar-refractivity contribution in [1.29, 1.82) is 0 Å². The molecule has 0 aromatic carbocycles. The van der Waals surface area contributed by atoms with Crippen LogP contribution in [0.4, 0.5) is 0 Å². The van der Waals surface area contributed by atoms with Crippen LogP contribution in [0.5, 0.6) is 0 Å². The largest absolute Gasteiger partial charge is 0.313 e. The van der Waals surface area contributed by atoms with Crippen LogP contribution in [0, 0.1) is 11.3 Å². The third kappa shape index (κ3) is 4.96. The maximum atomic E-state index is 3.69. The van der Waals surface area contributed by atoms with Gasteiger partial charge in [0.25, 0.3) is 0 Å². The Labute approximate surface area is 133 Å². The van der Waals surface area contributed by atoms with Crippen molar-refractivity contribution in [2.24, 2.45) is 11.3 Å². The van der Waals surface area contributed by atoms with Crippen LogP contribution in [0.15, 0.2) is 0 Å². The highest BCUT2D eigenvalue weighted by Gasteiger charge is 2.31. The summed E-state index contributed by atoms with van der Waals surface area (Å²) in [6.45, 7) is 14.6. The molecule has 1 heterocycles. The SMILES string of the molecule is CC(C)N(CC1CCCN1)C1CCCC(C(C)(C)C)CC1. The van der Waals surface area contributed by atoms with E-state index in [1.54, 1.807) is 0 Å². The average molecular weight is 295 g/mol. The minimum Gasteiger partial charge on any atom is -0.313 e. The van der Waals surface area contributed by atoms with Gasteiger partial charge >= 0.3 is 0 Å². The zero-order chi connectivity index (χ0) is 15.5. The highest BCUT2D eigenvalue weighted by Crippen LogP contribution is 2.38. The van der Waals surface area contributed by atoms with Crippen LogP contribution in [0.3, 0.4) is 0 Å². The molecule has 2 nitrogen and oxygen atoms in total. The van der Waals surface area contributed by atoms with Crippen molar-refractivity contribution >= 4 is 0 Å². The lowest BCUT2D eigenvalue weighted by Crippen LogP contribution is -2.46. The van der Waals surface area contributed by atoms with Gasteiger partial charge in [-0.05, 0) is 70.3 Å². The van der Waals surface area contributed by atoms with Gasteiger partial charge in [0.05, 0.1) is 0 Å². The summed E-state index contributed by atoms with van der Waals surface area (Å²) in [5.74, 6) is 0.918. The number of rotatable bonds is 4. The Kier molecular flexibility index (Phi) is 6.14. The van der Waals surface area contributed by atoms with Gasteiger partial charge in [-0.15, -0.1) is 0 Å². The van der Waals surface area contributed by atoms with Crippen molar-refractivity contribution in [3.05, 3.63) is 0 Å². The summed E-state index contributed by atoms with van der Waals surface area (Å²) in [7, 11) is 0. The van der Waals surface area contributed by atoms with Crippen LogP contribution >= 0.6 is 0 Å². The lowest BCUT2D eigenvalue weighted by atomic mass is 9.76. The quantitative estimate of drug-likeness (QED) is 0.771. The molecule has 1 aliphatic heterocycles. The number of hydrogen-bond acceptors (Lipinski definition) is 2. The van der Waals surface area contributed by atoms with E-state index in [4.69, 9.17) is 0 Å². The lowest BCUT2D eigenvalue weighted by Gasteiger charge is -2.37. The Hall–Kier alpha value is -0.0800. The first-order chi connectivity index (χ1) is 9.88. The predicted octanol–water partition coefficient (Wildman–Crippen LogP) is 4.44. The van der Waals surface area contributed by atoms with E-state index in [2.05, 4.69) is 44.8 Å². The fourth-order valence-corrected chi connectivity index (χ4v) is 4.43. The topological polar surface area (TPSA) is 15.3 Å². The minimum atomic E-state index is 0.491.